The summed E-state index contributed by atoms with van der Waals surface area (Å²) in [6.45, 7) is 1.65. The lowest BCUT2D eigenvalue weighted by Gasteiger charge is -2.08. The Morgan fingerprint density at radius 2 is 1.90 bits per heavy atom. The Balaban J connectivity index is 2.28. The molecule has 0 fully saturated rings. The van der Waals surface area contributed by atoms with Gasteiger partial charge in [0, 0.05) is 11.1 Å². The second-order valence-corrected chi connectivity index (χ2v) is 4.65. The minimum absolute atomic E-state index is 0.115. The van der Waals surface area contributed by atoms with Crippen molar-refractivity contribution in [1.82, 2.24) is 0 Å². The average Bonchev–Trinajstić information content (AvgIpc) is 2.41. The number of hydrogen-bond acceptors (Lipinski definition) is 4. The van der Waals surface area contributed by atoms with Crippen LogP contribution in [0, 0.1) is 10.1 Å². The summed E-state index contributed by atoms with van der Waals surface area (Å²) in [6.07, 6.45) is -0.575. The molecular formula is C14H12ClNO4. The third-order valence-electron chi connectivity index (χ3n) is 2.71. The van der Waals surface area contributed by atoms with Crippen LogP contribution < -0.4 is 4.74 Å². The first kappa shape index (κ1) is 14.3. The summed E-state index contributed by atoms with van der Waals surface area (Å²) in [4.78, 5) is 10.4. The highest BCUT2D eigenvalue weighted by molar-refractivity contribution is 6.30. The van der Waals surface area contributed by atoms with Crippen molar-refractivity contribution in [2.45, 2.75) is 13.0 Å². The quantitative estimate of drug-likeness (QED) is 0.680. The minimum Gasteiger partial charge on any atom is -0.450 e. The van der Waals surface area contributed by atoms with E-state index in [1.165, 1.54) is 18.2 Å². The molecule has 6 heteroatoms. The molecule has 2 rings (SSSR count). The second kappa shape index (κ2) is 5.90. The number of nitro groups is 1. The largest absolute Gasteiger partial charge is 0.450 e. The molecule has 0 heterocycles. The molecule has 0 bridgehead atoms. The predicted molar refractivity (Wildman–Crippen MR) is 75.3 cm³/mol. The Hall–Kier alpha value is -2.11. The highest BCUT2D eigenvalue weighted by Gasteiger charge is 2.16. The smallest absolute Gasteiger partial charge is 0.313 e. The summed E-state index contributed by atoms with van der Waals surface area (Å²) in [6, 6.07) is 10.9. The van der Waals surface area contributed by atoms with Crippen molar-refractivity contribution < 1.29 is 14.8 Å². The first-order valence-electron chi connectivity index (χ1n) is 5.87. The molecule has 0 saturated heterocycles. The van der Waals surface area contributed by atoms with E-state index in [9.17, 15) is 15.2 Å². The van der Waals surface area contributed by atoms with Gasteiger partial charge in [0.25, 0.3) is 0 Å². The fourth-order valence-electron chi connectivity index (χ4n) is 1.66. The highest BCUT2D eigenvalue weighted by atomic mass is 35.5. The molecule has 0 unspecified atom stereocenters. The molecule has 0 aromatic heterocycles. The van der Waals surface area contributed by atoms with Gasteiger partial charge >= 0.3 is 5.69 Å². The lowest BCUT2D eigenvalue weighted by atomic mass is 10.1. The number of benzene rings is 2. The van der Waals surface area contributed by atoms with E-state index in [1.807, 2.05) is 0 Å². The van der Waals surface area contributed by atoms with Crippen molar-refractivity contribution in [1.29, 1.82) is 0 Å². The monoisotopic (exact) mass is 293 g/mol. The number of nitro benzene ring substituents is 1. The standard InChI is InChI=1S/C14H12ClNO4/c1-9(17)10-2-5-12(6-3-10)20-14-7-4-11(15)8-13(14)16(18)19/h2-9,17H,1H3/t9-/m1/s1. The van der Waals surface area contributed by atoms with Gasteiger partial charge in [-0.2, -0.15) is 0 Å². The van der Waals surface area contributed by atoms with E-state index in [4.69, 9.17) is 16.3 Å². The number of hydrogen-bond donors (Lipinski definition) is 1. The zero-order valence-electron chi connectivity index (χ0n) is 10.6. The molecule has 0 radical (unpaired) electrons. The maximum absolute atomic E-state index is 10.9. The van der Waals surface area contributed by atoms with Crippen LogP contribution in [-0.2, 0) is 0 Å². The van der Waals surface area contributed by atoms with E-state index in [1.54, 1.807) is 31.2 Å². The van der Waals surface area contributed by atoms with Crippen LogP contribution in [0.4, 0.5) is 5.69 Å². The van der Waals surface area contributed by atoms with E-state index in [0.717, 1.165) is 5.56 Å². The maximum atomic E-state index is 10.9. The second-order valence-electron chi connectivity index (χ2n) is 4.22. The number of ether oxygens (including phenoxy) is 1. The van der Waals surface area contributed by atoms with Gasteiger partial charge in [-0.1, -0.05) is 23.7 Å². The van der Waals surface area contributed by atoms with Crippen LogP contribution >= 0.6 is 11.6 Å². The van der Waals surface area contributed by atoms with Crippen LogP contribution in [0.3, 0.4) is 0 Å². The number of aliphatic hydroxyl groups is 1. The zero-order valence-corrected chi connectivity index (χ0v) is 11.4. The molecule has 2 aromatic rings. The van der Waals surface area contributed by atoms with Crippen LogP contribution in [0.25, 0.3) is 0 Å². The first-order chi connectivity index (χ1) is 9.47. The van der Waals surface area contributed by atoms with Crippen molar-refractivity contribution in [3.8, 4) is 11.5 Å². The molecule has 0 spiro atoms. The van der Waals surface area contributed by atoms with Crippen molar-refractivity contribution in [3.63, 3.8) is 0 Å². The van der Waals surface area contributed by atoms with E-state index in [-0.39, 0.29) is 16.5 Å². The number of nitrogens with zero attached hydrogens (tertiary/aromatic N) is 1. The van der Waals surface area contributed by atoms with Gasteiger partial charge in [0.2, 0.25) is 5.75 Å². The summed E-state index contributed by atoms with van der Waals surface area (Å²) in [7, 11) is 0. The summed E-state index contributed by atoms with van der Waals surface area (Å²) in [5.41, 5.74) is 0.542. The number of halogens is 1. The Bertz CT molecular complexity index is 626. The van der Waals surface area contributed by atoms with Gasteiger partial charge in [-0.05, 0) is 36.8 Å². The summed E-state index contributed by atoms with van der Waals surface area (Å²) in [5, 5.41) is 20.6. The molecular weight excluding hydrogens is 282 g/mol. The molecule has 20 heavy (non-hydrogen) atoms. The van der Waals surface area contributed by atoms with Crippen molar-refractivity contribution in [2.24, 2.45) is 0 Å². The molecule has 104 valence electrons. The van der Waals surface area contributed by atoms with Crippen molar-refractivity contribution in [2.75, 3.05) is 0 Å². The van der Waals surface area contributed by atoms with Crippen LogP contribution in [0.1, 0.15) is 18.6 Å². The zero-order chi connectivity index (χ0) is 14.7. The van der Waals surface area contributed by atoms with E-state index in [2.05, 4.69) is 0 Å². The Labute approximate surface area is 120 Å². The fourth-order valence-corrected chi connectivity index (χ4v) is 1.83. The molecule has 0 saturated carbocycles. The average molecular weight is 294 g/mol. The molecule has 0 amide bonds. The molecule has 5 nitrogen and oxygen atoms in total. The van der Waals surface area contributed by atoms with Crippen LogP contribution in [0.2, 0.25) is 5.02 Å². The first-order valence-corrected chi connectivity index (χ1v) is 6.25. The Morgan fingerprint density at radius 1 is 1.25 bits per heavy atom. The summed E-state index contributed by atoms with van der Waals surface area (Å²) >= 11 is 5.73. The highest BCUT2D eigenvalue weighted by Crippen LogP contribution is 2.33. The lowest BCUT2D eigenvalue weighted by molar-refractivity contribution is -0.385. The number of rotatable bonds is 4. The summed E-state index contributed by atoms with van der Waals surface area (Å²) in [5.74, 6) is 0.559. The van der Waals surface area contributed by atoms with Crippen molar-refractivity contribution in [3.05, 3.63) is 63.2 Å². The molecule has 0 aliphatic heterocycles. The van der Waals surface area contributed by atoms with Crippen LogP contribution in [0.5, 0.6) is 11.5 Å². The van der Waals surface area contributed by atoms with E-state index >= 15 is 0 Å². The van der Waals surface area contributed by atoms with Gasteiger partial charge in [0.05, 0.1) is 11.0 Å². The van der Waals surface area contributed by atoms with Gasteiger partial charge in [-0.25, -0.2) is 0 Å². The molecule has 0 aliphatic rings. The van der Waals surface area contributed by atoms with Crippen LogP contribution in [0.15, 0.2) is 42.5 Å². The molecule has 1 atom stereocenters. The van der Waals surface area contributed by atoms with Gasteiger partial charge in [-0.3, -0.25) is 10.1 Å². The van der Waals surface area contributed by atoms with E-state index < -0.39 is 11.0 Å². The maximum Gasteiger partial charge on any atom is 0.313 e. The van der Waals surface area contributed by atoms with Gasteiger partial charge in [-0.15, -0.1) is 0 Å². The van der Waals surface area contributed by atoms with Gasteiger partial charge in [0.1, 0.15) is 5.75 Å². The van der Waals surface area contributed by atoms with Gasteiger partial charge < -0.3 is 9.84 Å². The fraction of sp³-hybridized carbons (Fsp3) is 0.143. The molecule has 1 N–H and O–H groups in total. The third-order valence-corrected chi connectivity index (χ3v) is 2.94. The van der Waals surface area contributed by atoms with Gasteiger partial charge in [0.15, 0.2) is 0 Å². The SMILES string of the molecule is C[C@@H](O)c1ccc(Oc2ccc(Cl)cc2[N+](=O)[O-])cc1. The molecule has 0 aliphatic carbocycles. The number of aliphatic hydroxyl groups excluding tert-OH is 1. The van der Waals surface area contributed by atoms with E-state index in [0.29, 0.717) is 5.75 Å². The predicted octanol–water partition coefficient (Wildman–Crippen LogP) is 4.09. The lowest BCUT2D eigenvalue weighted by Crippen LogP contribution is -1.94. The summed E-state index contributed by atoms with van der Waals surface area (Å²) < 4.78 is 5.48. The molecule has 2 aromatic carbocycles. The van der Waals surface area contributed by atoms with Crippen LogP contribution in [-0.4, -0.2) is 10.0 Å². The minimum atomic E-state index is -0.575. The topological polar surface area (TPSA) is 72.6 Å². The Kier molecular flexibility index (Phi) is 4.22. The normalized spacial score (nSPS) is 11.9. The Morgan fingerprint density at radius 3 is 2.45 bits per heavy atom. The third kappa shape index (κ3) is 3.26. The van der Waals surface area contributed by atoms with Crippen molar-refractivity contribution >= 4 is 17.3 Å².